The zero-order valence-electron chi connectivity index (χ0n) is 15.1. The van der Waals surface area contributed by atoms with Crippen molar-refractivity contribution in [3.63, 3.8) is 0 Å². The standard InChI is InChI=1S/C19H25N5O2/c1-22-8-4-6-16(22)14-13-15(21-20-14)19(26)24-11-9-23(10-12-24)17-5-2-3-7-18(17)25/h2-3,5,7,13,16,25H,4,6,8-12H2,1H3,(H,20,21). The van der Waals surface area contributed by atoms with Crippen molar-refractivity contribution < 1.29 is 9.90 Å². The smallest absolute Gasteiger partial charge is 0.274 e. The number of phenolic OH excluding ortho intramolecular Hbond substituents is 1. The van der Waals surface area contributed by atoms with Gasteiger partial charge in [-0.2, -0.15) is 5.10 Å². The maximum Gasteiger partial charge on any atom is 0.274 e. The number of aromatic hydroxyl groups is 1. The van der Waals surface area contributed by atoms with Crippen LogP contribution in [0.1, 0.15) is 35.1 Å². The molecule has 26 heavy (non-hydrogen) atoms. The van der Waals surface area contributed by atoms with Crippen LogP contribution < -0.4 is 4.90 Å². The topological polar surface area (TPSA) is 75.7 Å². The number of anilines is 1. The van der Waals surface area contributed by atoms with Gasteiger partial charge in [0, 0.05) is 26.2 Å². The quantitative estimate of drug-likeness (QED) is 0.879. The van der Waals surface area contributed by atoms with Crippen LogP contribution in [-0.2, 0) is 0 Å². The van der Waals surface area contributed by atoms with Crippen molar-refractivity contribution in [2.24, 2.45) is 0 Å². The molecular weight excluding hydrogens is 330 g/mol. The summed E-state index contributed by atoms with van der Waals surface area (Å²) in [6, 6.07) is 9.57. The molecule has 0 bridgehead atoms. The van der Waals surface area contributed by atoms with Crippen LogP contribution in [0.5, 0.6) is 5.75 Å². The molecule has 2 aromatic rings. The number of nitrogens with one attached hydrogen (secondary N) is 1. The van der Waals surface area contributed by atoms with Crippen molar-refractivity contribution in [3.8, 4) is 5.75 Å². The molecule has 3 heterocycles. The van der Waals surface area contributed by atoms with E-state index >= 15 is 0 Å². The fourth-order valence-corrected chi connectivity index (χ4v) is 3.96. The molecule has 1 amide bonds. The fraction of sp³-hybridized carbons (Fsp3) is 0.474. The number of hydrogen-bond acceptors (Lipinski definition) is 5. The van der Waals surface area contributed by atoms with E-state index in [0.29, 0.717) is 37.9 Å². The molecule has 1 unspecified atom stereocenters. The summed E-state index contributed by atoms with van der Waals surface area (Å²) in [6.07, 6.45) is 2.28. The molecule has 1 aromatic heterocycles. The lowest BCUT2D eigenvalue weighted by atomic mass is 10.1. The molecule has 0 spiro atoms. The van der Waals surface area contributed by atoms with Gasteiger partial charge in [-0.15, -0.1) is 0 Å². The highest BCUT2D eigenvalue weighted by molar-refractivity contribution is 5.92. The number of piperazine rings is 1. The second kappa shape index (κ2) is 6.99. The van der Waals surface area contributed by atoms with Crippen LogP contribution >= 0.6 is 0 Å². The molecule has 1 atom stereocenters. The van der Waals surface area contributed by atoms with Crippen LogP contribution in [0.15, 0.2) is 30.3 Å². The lowest BCUT2D eigenvalue weighted by Gasteiger charge is -2.36. The predicted molar refractivity (Wildman–Crippen MR) is 99.4 cm³/mol. The predicted octanol–water partition coefficient (Wildman–Crippen LogP) is 1.84. The van der Waals surface area contributed by atoms with E-state index in [-0.39, 0.29) is 11.7 Å². The Morgan fingerprint density at radius 1 is 1.19 bits per heavy atom. The first-order chi connectivity index (χ1) is 12.6. The van der Waals surface area contributed by atoms with Gasteiger partial charge in [0.2, 0.25) is 0 Å². The number of aromatic amines is 1. The maximum atomic E-state index is 12.8. The Morgan fingerprint density at radius 2 is 1.96 bits per heavy atom. The number of hydrogen-bond donors (Lipinski definition) is 2. The van der Waals surface area contributed by atoms with E-state index in [0.717, 1.165) is 24.3 Å². The summed E-state index contributed by atoms with van der Waals surface area (Å²) >= 11 is 0. The van der Waals surface area contributed by atoms with Crippen LogP contribution in [0.25, 0.3) is 0 Å². The van der Waals surface area contributed by atoms with Gasteiger partial charge in [-0.25, -0.2) is 0 Å². The summed E-state index contributed by atoms with van der Waals surface area (Å²) in [5, 5.41) is 17.3. The van der Waals surface area contributed by atoms with Crippen molar-refractivity contribution in [1.29, 1.82) is 0 Å². The number of likely N-dealkylation sites (tertiary alicyclic amines) is 1. The van der Waals surface area contributed by atoms with Crippen molar-refractivity contribution in [2.75, 3.05) is 44.7 Å². The molecule has 7 heteroatoms. The average molecular weight is 355 g/mol. The summed E-state index contributed by atoms with van der Waals surface area (Å²) in [5.41, 5.74) is 2.35. The van der Waals surface area contributed by atoms with E-state index in [4.69, 9.17) is 0 Å². The van der Waals surface area contributed by atoms with E-state index in [1.54, 1.807) is 6.07 Å². The largest absolute Gasteiger partial charge is 0.506 e. The van der Waals surface area contributed by atoms with E-state index in [9.17, 15) is 9.90 Å². The van der Waals surface area contributed by atoms with E-state index < -0.39 is 0 Å². The zero-order chi connectivity index (χ0) is 18.1. The van der Waals surface area contributed by atoms with Gasteiger partial charge in [0.1, 0.15) is 11.4 Å². The number of rotatable bonds is 3. The van der Waals surface area contributed by atoms with Gasteiger partial charge < -0.3 is 14.9 Å². The van der Waals surface area contributed by atoms with E-state index in [1.165, 1.54) is 6.42 Å². The number of nitrogens with zero attached hydrogens (tertiary/aromatic N) is 4. The molecule has 7 nitrogen and oxygen atoms in total. The molecule has 1 aromatic carbocycles. The number of para-hydroxylation sites is 2. The lowest BCUT2D eigenvalue weighted by molar-refractivity contribution is 0.0740. The first kappa shape index (κ1) is 16.9. The Morgan fingerprint density at radius 3 is 2.65 bits per heavy atom. The third-order valence-corrected chi connectivity index (χ3v) is 5.49. The number of carbonyl (C=O) groups excluding carboxylic acids is 1. The first-order valence-electron chi connectivity index (χ1n) is 9.21. The van der Waals surface area contributed by atoms with Crippen molar-refractivity contribution in [2.45, 2.75) is 18.9 Å². The Labute approximate surface area is 153 Å². The fourth-order valence-electron chi connectivity index (χ4n) is 3.96. The second-order valence-corrected chi connectivity index (χ2v) is 7.12. The molecule has 2 aliphatic heterocycles. The minimum atomic E-state index is -0.0231. The molecule has 4 rings (SSSR count). The van der Waals surface area contributed by atoms with Crippen molar-refractivity contribution in [3.05, 3.63) is 41.7 Å². The minimum absolute atomic E-state index is 0.0231. The third kappa shape index (κ3) is 3.14. The van der Waals surface area contributed by atoms with Gasteiger partial charge >= 0.3 is 0 Å². The number of carbonyl (C=O) groups is 1. The summed E-state index contributed by atoms with van der Waals surface area (Å²) in [6.45, 7) is 3.73. The second-order valence-electron chi connectivity index (χ2n) is 7.12. The molecule has 138 valence electrons. The van der Waals surface area contributed by atoms with Gasteiger partial charge in [0.05, 0.1) is 17.4 Å². The molecule has 2 saturated heterocycles. The third-order valence-electron chi connectivity index (χ3n) is 5.49. The van der Waals surface area contributed by atoms with Gasteiger partial charge in [-0.3, -0.25) is 14.8 Å². The summed E-state index contributed by atoms with van der Waals surface area (Å²) in [7, 11) is 2.11. The highest BCUT2D eigenvalue weighted by Gasteiger charge is 2.28. The van der Waals surface area contributed by atoms with Crippen LogP contribution in [0.2, 0.25) is 0 Å². The molecule has 2 fully saturated rings. The SMILES string of the molecule is CN1CCCC1c1cc(C(=O)N2CCN(c3ccccc3O)CC2)n[nH]1. The molecule has 2 aliphatic rings. The highest BCUT2D eigenvalue weighted by Crippen LogP contribution is 2.30. The van der Waals surface area contributed by atoms with Crippen molar-refractivity contribution in [1.82, 2.24) is 20.0 Å². The van der Waals surface area contributed by atoms with Crippen LogP contribution in [-0.4, -0.2) is 70.8 Å². The van der Waals surface area contributed by atoms with Gasteiger partial charge in [0.15, 0.2) is 0 Å². The van der Waals surface area contributed by atoms with Crippen LogP contribution in [0.4, 0.5) is 5.69 Å². The zero-order valence-corrected chi connectivity index (χ0v) is 15.1. The first-order valence-corrected chi connectivity index (χ1v) is 9.21. The Kier molecular flexibility index (Phi) is 4.55. The number of amides is 1. The number of H-pyrrole nitrogens is 1. The normalized spacial score (nSPS) is 21.3. The monoisotopic (exact) mass is 355 g/mol. The summed E-state index contributed by atoms with van der Waals surface area (Å²) in [4.78, 5) is 19.0. The molecule has 0 aliphatic carbocycles. The Balaban J connectivity index is 1.39. The lowest BCUT2D eigenvalue weighted by Crippen LogP contribution is -2.48. The van der Waals surface area contributed by atoms with Crippen LogP contribution in [0, 0.1) is 0 Å². The van der Waals surface area contributed by atoms with Crippen LogP contribution in [0.3, 0.4) is 0 Å². The molecular formula is C19H25N5O2. The minimum Gasteiger partial charge on any atom is -0.506 e. The Bertz CT molecular complexity index is 782. The summed E-state index contributed by atoms with van der Waals surface area (Å²) in [5.74, 6) is 0.259. The number of phenols is 1. The summed E-state index contributed by atoms with van der Waals surface area (Å²) < 4.78 is 0. The highest BCUT2D eigenvalue weighted by atomic mass is 16.3. The molecule has 0 saturated carbocycles. The number of aromatic nitrogens is 2. The van der Waals surface area contributed by atoms with Crippen molar-refractivity contribution >= 4 is 11.6 Å². The molecule has 2 N–H and O–H groups in total. The van der Waals surface area contributed by atoms with Gasteiger partial charge in [0.25, 0.3) is 5.91 Å². The van der Waals surface area contributed by atoms with E-state index in [2.05, 4.69) is 27.0 Å². The molecule has 0 radical (unpaired) electrons. The average Bonchev–Trinajstić information content (AvgIpc) is 3.30. The van der Waals surface area contributed by atoms with Gasteiger partial charge in [-0.1, -0.05) is 12.1 Å². The number of benzene rings is 1. The van der Waals surface area contributed by atoms with Gasteiger partial charge in [-0.05, 0) is 44.6 Å². The Hall–Kier alpha value is -2.54. The van der Waals surface area contributed by atoms with E-state index in [1.807, 2.05) is 29.2 Å². The maximum absolute atomic E-state index is 12.8.